The molecular formula is C34H38N6O4. The van der Waals surface area contributed by atoms with Crippen molar-refractivity contribution in [1.29, 1.82) is 0 Å². The van der Waals surface area contributed by atoms with Gasteiger partial charge < -0.3 is 29.9 Å². The van der Waals surface area contributed by atoms with E-state index in [4.69, 9.17) is 9.47 Å². The van der Waals surface area contributed by atoms with E-state index in [9.17, 15) is 9.59 Å². The van der Waals surface area contributed by atoms with Gasteiger partial charge in [-0.2, -0.15) is 4.98 Å². The van der Waals surface area contributed by atoms with Crippen LogP contribution in [-0.2, 0) is 11.2 Å². The first-order valence-corrected chi connectivity index (χ1v) is 14.8. The number of hydrogen-bond donors (Lipinski definition) is 2. The average Bonchev–Trinajstić information content (AvgIpc) is 3.01. The first-order chi connectivity index (χ1) is 21.3. The van der Waals surface area contributed by atoms with E-state index in [1.54, 1.807) is 12.1 Å². The van der Waals surface area contributed by atoms with E-state index in [1.807, 2.05) is 80.3 Å². The highest BCUT2D eigenvalue weighted by molar-refractivity contribution is 6.06. The normalized spacial score (nSPS) is 13.3. The monoisotopic (exact) mass is 594 g/mol. The number of benzene rings is 3. The maximum Gasteiger partial charge on any atom is 0.262 e. The van der Waals surface area contributed by atoms with Gasteiger partial charge in [0.15, 0.2) is 11.5 Å². The molecule has 4 aromatic rings. The Bertz CT molecular complexity index is 1600. The number of carbonyl (C=O) groups excluding carboxylic acids is 2. The molecule has 0 spiro atoms. The number of ether oxygens (including phenoxy) is 2. The molecular weight excluding hydrogens is 556 g/mol. The van der Waals surface area contributed by atoms with Crippen molar-refractivity contribution in [3.63, 3.8) is 0 Å². The van der Waals surface area contributed by atoms with E-state index in [2.05, 4.69) is 32.5 Å². The maximum atomic E-state index is 13.5. The number of likely N-dealkylation sites (N-methyl/N-ethyl adjacent to an activating group) is 1. The van der Waals surface area contributed by atoms with Gasteiger partial charge in [0.05, 0.1) is 13.0 Å². The SMILES string of the molecule is CCOc1ccccc1Oc1nc(Nc2ccc(CC(=O)N3CCN(C)CC3)cc2)ncc1C(=O)Nc1c(C)cccc1C. The molecule has 3 aromatic carbocycles. The van der Waals surface area contributed by atoms with Gasteiger partial charge in [0.25, 0.3) is 5.91 Å². The summed E-state index contributed by atoms with van der Waals surface area (Å²) in [7, 11) is 2.07. The summed E-state index contributed by atoms with van der Waals surface area (Å²) in [5.41, 5.74) is 4.43. The number of aromatic nitrogens is 2. The summed E-state index contributed by atoms with van der Waals surface area (Å²) in [5, 5.41) is 6.18. The second-order valence-electron chi connectivity index (χ2n) is 10.8. The van der Waals surface area contributed by atoms with E-state index in [1.165, 1.54) is 6.20 Å². The van der Waals surface area contributed by atoms with Crippen LogP contribution in [0, 0.1) is 13.8 Å². The van der Waals surface area contributed by atoms with Crippen molar-refractivity contribution in [2.24, 2.45) is 0 Å². The number of nitrogens with one attached hydrogen (secondary N) is 2. The number of hydrogen-bond acceptors (Lipinski definition) is 8. The van der Waals surface area contributed by atoms with Crippen LogP contribution in [0.1, 0.15) is 34.0 Å². The van der Waals surface area contributed by atoms with Crippen LogP contribution in [0.15, 0.2) is 72.9 Å². The van der Waals surface area contributed by atoms with Crippen molar-refractivity contribution in [1.82, 2.24) is 19.8 Å². The molecule has 2 amide bonds. The van der Waals surface area contributed by atoms with Gasteiger partial charge in [-0.25, -0.2) is 4.98 Å². The predicted octanol–water partition coefficient (Wildman–Crippen LogP) is 5.60. The molecule has 10 nitrogen and oxygen atoms in total. The Balaban J connectivity index is 1.36. The quantitative estimate of drug-likeness (QED) is 0.244. The zero-order valence-corrected chi connectivity index (χ0v) is 25.6. The standard InChI is InChI=1S/C34H38N6O4/c1-5-43-28-11-6-7-12-29(28)44-33-27(32(42)37-31-23(2)9-8-10-24(31)3)22-35-34(38-33)36-26-15-13-25(14-16-26)21-30(41)40-19-17-39(4)18-20-40/h6-16,22H,5,17-21H2,1-4H3,(H,37,42)(H,35,36,38). The minimum absolute atomic E-state index is 0.0767. The van der Waals surface area contributed by atoms with Crippen molar-refractivity contribution in [2.75, 3.05) is 50.5 Å². The number of piperazine rings is 1. The summed E-state index contributed by atoms with van der Waals surface area (Å²) in [6.07, 6.45) is 1.79. The lowest BCUT2D eigenvalue weighted by atomic mass is 10.1. The van der Waals surface area contributed by atoms with Crippen LogP contribution in [0.3, 0.4) is 0 Å². The molecule has 0 bridgehead atoms. The van der Waals surface area contributed by atoms with Crippen molar-refractivity contribution < 1.29 is 19.1 Å². The zero-order chi connectivity index (χ0) is 31.1. The molecule has 2 heterocycles. The highest BCUT2D eigenvalue weighted by Crippen LogP contribution is 2.33. The molecule has 5 rings (SSSR count). The van der Waals surface area contributed by atoms with Gasteiger partial charge in [-0.3, -0.25) is 9.59 Å². The molecule has 44 heavy (non-hydrogen) atoms. The van der Waals surface area contributed by atoms with Crippen molar-refractivity contribution >= 4 is 29.1 Å². The van der Waals surface area contributed by atoms with E-state index < -0.39 is 5.91 Å². The summed E-state index contributed by atoms with van der Waals surface area (Å²) >= 11 is 0. The third-order valence-electron chi connectivity index (χ3n) is 7.50. The number of para-hydroxylation sites is 3. The average molecular weight is 595 g/mol. The lowest BCUT2D eigenvalue weighted by Gasteiger charge is -2.32. The van der Waals surface area contributed by atoms with Crippen molar-refractivity contribution in [3.05, 3.63) is 95.2 Å². The highest BCUT2D eigenvalue weighted by Gasteiger charge is 2.21. The number of carbonyl (C=O) groups is 2. The number of rotatable bonds is 10. The van der Waals surface area contributed by atoms with E-state index in [-0.39, 0.29) is 23.3 Å². The van der Waals surface area contributed by atoms with E-state index >= 15 is 0 Å². The lowest BCUT2D eigenvalue weighted by molar-refractivity contribution is -0.132. The van der Waals surface area contributed by atoms with Crippen molar-refractivity contribution in [2.45, 2.75) is 27.2 Å². The van der Waals surface area contributed by atoms with Gasteiger partial charge >= 0.3 is 0 Å². The van der Waals surface area contributed by atoms with Gasteiger partial charge in [0.1, 0.15) is 5.56 Å². The molecule has 0 radical (unpaired) electrons. The number of nitrogens with zero attached hydrogens (tertiary/aromatic N) is 4. The van der Waals surface area contributed by atoms with E-state index in [0.29, 0.717) is 24.5 Å². The molecule has 1 fully saturated rings. The van der Waals surface area contributed by atoms with Crippen LogP contribution in [0.25, 0.3) is 0 Å². The zero-order valence-electron chi connectivity index (χ0n) is 25.6. The van der Waals surface area contributed by atoms with Crippen LogP contribution >= 0.6 is 0 Å². The molecule has 1 aliphatic rings. The smallest absolute Gasteiger partial charge is 0.262 e. The molecule has 2 N–H and O–H groups in total. The van der Waals surface area contributed by atoms with Gasteiger partial charge in [-0.05, 0) is 68.8 Å². The molecule has 0 saturated carbocycles. The molecule has 0 atom stereocenters. The third kappa shape index (κ3) is 7.51. The Kier molecular flexibility index (Phi) is 9.71. The van der Waals surface area contributed by atoms with Crippen LogP contribution in [0.4, 0.5) is 17.3 Å². The first kappa shape index (κ1) is 30.5. The minimum Gasteiger partial charge on any atom is -0.490 e. The summed E-state index contributed by atoms with van der Waals surface area (Å²) in [6.45, 7) is 9.51. The van der Waals surface area contributed by atoms with Crippen LogP contribution in [0.5, 0.6) is 17.4 Å². The van der Waals surface area contributed by atoms with Gasteiger partial charge in [-0.15, -0.1) is 0 Å². The molecule has 1 aromatic heterocycles. The molecule has 1 aliphatic heterocycles. The molecule has 0 unspecified atom stereocenters. The Morgan fingerprint density at radius 1 is 0.886 bits per heavy atom. The molecule has 228 valence electrons. The predicted molar refractivity (Wildman–Crippen MR) is 171 cm³/mol. The van der Waals surface area contributed by atoms with Crippen LogP contribution < -0.4 is 20.1 Å². The summed E-state index contributed by atoms with van der Waals surface area (Å²) in [6, 6.07) is 20.6. The fourth-order valence-corrected chi connectivity index (χ4v) is 4.94. The Morgan fingerprint density at radius 2 is 1.57 bits per heavy atom. The number of amides is 2. The largest absolute Gasteiger partial charge is 0.490 e. The molecule has 1 saturated heterocycles. The van der Waals surface area contributed by atoms with Gasteiger partial charge in [0, 0.05) is 43.8 Å². The fraction of sp³-hybridized carbons (Fsp3) is 0.294. The fourth-order valence-electron chi connectivity index (χ4n) is 4.94. The topological polar surface area (TPSA) is 109 Å². The molecule has 10 heteroatoms. The number of anilines is 3. The number of aryl methyl sites for hydroxylation is 2. The van der Waals surface area contributed by atoms with Gasteiger partial charge in [-0.1, -0.05) is 42.5 Å². The van der Waals surface area contributed by atoms with Gasteiger partial charge in [0.2, 0.25) is 17.7 Å². The molecule has 0 aliphatic carbocycles. The first-order valence-electron chi connectivity index (χ1n) is 14.8. The lowest BCUT2D eigenvalue weighted by Crippen LogP contribution is -2.47. The summed E-state index contributed by atoms with van der Waals surface area (Å²) < 4.78 is 11.9. The Morgan fingerprint density at radius 3 is 2.25 bits per heavy atom. The third-order valence-corrected chi connectivity index (χ3v) is 7.50. The highest BCUT2D eigenvalue weighted by atomic mass is 16.5. The second kappa shape index (κ2) is 14.0. The minimum atomic E-state index is -0.396. The Hall–Kier alpha value is -4.96. The Labute approximate surface area is 258 Å². The summed E-state index contributed by atoms with van der Waals surface area (Å²) in [4.78, 5) is 39.4. The van der Waals surface area contributed by atoms with Crippen LogP contribution in [0.2, 0.25) is 0 Å². The maximum absolute atomic E-state index is 13.5. The summed E-state index contributed by atoms with van der Waals surface area (Å²) in [5.74, 6) is 1.02. The van der Waals surface area contributed by atoms with Crippen LogP contribution in [-0.4, -0.2) is 71.4 Å². The van der Waals surface area contributed by atoms with E-state index in [0.717, 1.165) is 54.2 Å². The second-order valence-corrected chi connectivity index (χ2v) is 10.8. The van der Waals surface area contributed by atoms with Crippen molar-refractivity contribution in [3.8, 4) is 17.4 Å².